The molecule has 10 heteroatoms. The molecule has 0 spiro atoms. The lowest BCUT2D eigenvalue weighted by molar-refractivity contribution is 1.07. The lowest BCUT2D eigenvalue weighted by atomic mass is 9.91. The van der Waals surface area contributed by atoms with E-state index in [9.17, 15) is 21.0 Å². The Morgan fingerprint density at radius 2 is 0.786 bits per heavy atom. The van der Waals surface area contributed by atoms with Crippen LogP contribution in [-0.2, 0) is 0 Å². The van der Waals surface area contributed by atoms with Crippen molar-refractivity contribution >= 4 is 43.6 Å². The largest absolute Gasteiger partial charge is 0.309 e. The van der Waals surface area contributed by atoms with Gasteiger partial charge in [0.25, 0.3) is 0 Å². The number of fused-ring (bicyclic) bond motifs is 6. The molecule has 12 aromatic rings. The zero-order valence-electron chi connectivity index (χ0n) is 36.9. The van der Waals surface area contributed by atoms with E-state index in [0.717, 1.165) is 93.9 Å². The topological polar surface area (TPSA) is 157 Å². The lowest BCUT2D eigenvalue weighted by Crippen LogP contribution is -2.05. The summed E-state index contributed by atoms with van der Waals surface area (Å²) >= 11 is 0. The smallest absolute Gasteiger partial charge is 0.164 e. The van der Waals surface area contributed by atoms with Crippen molar-refractivity contribution in [1.29, 1.82) is 21.0 Å². The highest BCUT2D eigenvalue weighted by atomic mass is 15.0. The quantitative estimate of drug-likeness (QED) is 0.153. The van der Waals surface area contributed by atoms with Crippen LogP contribution in [0, 0.1) is 45.3 Å². The first kappa shape index (κ1) is 40.9. The first-order valence-corrected chi connectivity index (χ1v) is 22.3. The summed E-state index contributed by atoms with van der Waals surface area (Å²) in [4.78, 5) is 19.9. The van der Waals surface area contributed by atoms with Gasteiger partial charge in [-0.15, -0.1) is 0 Å². The molecule has 0 aliphatic rings. The molecule has 10 nitrogen and oxygen atoms in total. The Balaban J connectivity index is 1.24. The maximum absolute atomic E-state index is 10.1. The number of nitriles is 4. The van der Waals surface area contributed by atoms with Crippen molar-refractivity contribution in [3.8, 4) is 92.1 Å². The van der Waals surface area contributed by atoms with Crippen molar-refractivity contribution in [1.82, 2.24) is 29.1 Å². The highest BCUT2D eigenvalue weighted by Crippen LogP contribution is 2.46. The van der Waals surface area contributed by atoms with Gasteiger partial charge in [-0.2, -0.15) is 21.0 Å². The summed E-state index contributed by atoms with van der Waals surface area (Å²) < 4.78 is 4.39. The van der Waals surface area contributed by atoms with Gasteiger partial charge in [-0.05, 0) is 109 Å². The SMILES string of the molecule is N#Cc1ccc2c(c1)c1cc(C#N)ccc1n2-c1ccc(-c2nc(-c3ccccc3)nc(-c3ccccc3)n2)cc1-c1c(-c2cccnc2)cccc1-n1c2ccc(C#N)cc2c2cc(C#N)ccc21. The van der Waals surface area contributed by atoms with Gasteiger partial charge in [0, 0.05) is 67.3 Å². The maximum atomic E-state index is 10.1. The molecule has 0 saturated heterocycles. The van der Waals surface area contributed by atoms with Crippen LogP contribution < -0.4 is 0 Å². The molecular formula is C60H32N10. The standard InChI is InChI=1S/C60H32N10/c61-32-37-16-21-51-46(27-37)47-28-38(33-62)17-22-52(47)69(51)55-25-20-43(60-67-58(41-9-3-1-4-10-41)66-59(68-60)42-11-5-2-6-12-42)31-50(55)57-45(44-13-8-26-65-36-44)14-7-15-56(57)70-53-23-18-39(34-63)29-48(53)49-30-40(35-64)19-24-54(49)70/h1-31,36H. The summed E-state index contributed by atoms with van der Waals surface area (Å²) in [6.45, 7) is 0. The van der Waals surface area contributed by atoms with Crippen LogP contribution in [0.3, 0.4) is 0 Å². The van der Waals surface area contributed by atoms with Gasteiger partial charge in [-0.1, -0.05) is 78.9 Å². The molecule has 70 heavy (non-hydrogen) atoms. The van der Waals surface area contributed by atoms with Crippen LogP contribution in [0.25, 0.3) is 111 Å². The van der Waals surface area contributed by atoms with E-state index >= 15 is 0 Å². The van der Waals surface area contributed by atoms with E-state index in [1.165, 1.54) is 0 Å². The first-order chi connectivity index (χ1) is 34.5. The van der Waals surface area contributed by atoms with Gasteiger partial charge in [0.2, 0.25) is 0 Å². The summed E-state index contributed by atoms with van der Waals surface area (Å²) in [6.07, 6.45) is 3.61. The normalized spacial score (nSPS) is 11.1. The predicted molar refractivity (Wildman–Crippen MR) is 272 cm³/mol. The van der Waals surface area contributed by atoms with Crippen molar-refractivity contribution < 1.29 is 0 Å². The van der Waals surface area contributed by atoms with Gasteiger partial charge < -0.3 is 9.13 Å². The molecule has 0 fully saturated rings. The van der Waals surface area contributed by atoms with E-state index < -0.39 is 0 Å². The van der Waals surface area contributed by atoms with Gasteiger partial charge in [-0.25, -0.2) is 15.0 Å². The van der Waals surface area contributed by atoms with Gasteiger partial charge in [0.15, 0.2) is 17.5 Å². The highest BCUT2D eigenvalue weighted by Gasteiger charge is 2.25. The third-order valence-electron chi connectivity index (χ3n) is 12.8. The molecule has 0 saturated carbocycles. The molecule has 0 atom stereocenters. The molecule has 322 valence electrons. The predicted octanol–water partition coefficient (Wildman–Crippen LogP) is 13.3. The molecule has 0 bridgehead atoms. The number of pyridine rings is 1. The molecule has 0 aliphatic heterocycles. The van der Waals surface area contributed by atoms with Crippen LogP contribution in [0.4, 0.5) is 0 Å². The Hall–Kier alpha value is -10.5. The maximum Gasteiger partial charge on any atom is 0.164 e. The molecular weight excluding hydrogens is 861 g/mol. The molecule has 0 amide bonds. The van der Waals surface area contributed by atoms with Gasteiger partial charge in [0.1, 0.15) is 0 Å². The van der Waals surface area contributed by atoms with E-state index in [-0.39, 0.29) is 0 Å². The molecule has 0 aliphatic carbocycles. The van der Waals surface area contributed by atoms with Gasteiger partial charge in [0.05, 0.1) is 80.0 Å². The fourth-order valence-electron chi connectivity index (χ4n) is 9.62. The minimum Gasteiger partial charge on any atom is -0.309 e. The van der Waals surface area contributed by atoms with Crippen LogP contribution in [0.5, 0.6) is 0 Å². The highest BCUT2D eigenvalue weighted by molar-refractivity contribution is 6.13. The molecule has 0 radical (unpaired) electrons. The Morgan fingerprint density at radius 1 is 0.343 bits per heavy atom. The molecule has 8 aromatic carbocycles. The minimum absolute atomic E-state index is 0.463. The van der Waals surface area contributed by atoms with E-state index in [2.05, 4.69) is 62.7 Å². The zero-order chi connectivity index (χ0) is 47.3. The van der Waals surface area contributed by atoms with Gasteiger partial charge in [-0.3, -0.25) is 4.98 Å². The van der Waals surface area contributed by atoms with E-state index in [4.69, 9.17) is 15.0 Å². The number of nitrogens with zero attached hydrogens (tertiary/aromatic N) is 10. The number of hydrogen-bond donors (Lipinski definition) is 0. The number of rotatable bonds is 7. The fourth-order valence-corrected chi connectivity index (χ4v) is 9.62. The molecule has 0 N–H and O–H groups in total. The van der Waals surface area contributed by atoms with Crippen LogP contribution in [-0.4, -0.2) is 29.1 Å². The van der Waals surface area contributed by atoms with Crippen LogP contribution in [0.2, 0.25) is 0 Å². The van der Waals surface area contributed by atoms with Crippen molar-refractivity contribution in [2.75, 3.05) is 0 Å². The third kappa shape index (κ3) is 6.78. The van der Waals surface area contributed by atoms with Crippen molar-refractivity contribution in [3.63, 3.8) is 0 Å². The Labute approximate surface area is 400 Å². The summed E-state index contributed by atoms with van der Waals surface area (Å²) in [5, 5.41) is 43.7. The van der Waals surface area contributed by atoms with E-state index in [1.54, 1.807) is 6.20 Å². The lowest BCUT2D eigenvalue weighted by Gasteiger charge is -2.22. The summed E-state index contributed by atoms with van der Waals surface area (Å²) in [5.41, 5.74) is 12.8. The minimum atomic E-state index is 0.463. The second-order valence-electron chi connectivity index (χ2n) is 16.8. The Morgan fingerprint density at radius 3 is 1.23 bits per heavy atom. The van der Waals surface area contributed by atoms with Crippen molar-refractivity contribution in [2.24, 2.45) is 0 Å². The molecule has 4 heterocycles. The number of hydrogen-bond acceptors (Lipinski definition) is 8. The average molecular weight is 893 g/mol. The second kappa shape index (κ2) is 16.7. The van der Waals surface area contributed by atoms with Crippen LogP contribution in [0.1, 0.15) is 22.3 Å². The summed E-state index contributed by atoms with van der Waals surface area (Å²) in [6, 6.07) is 68.0. The van der Waals surface area contributed by atoms with Crippen molar-refractivity contribution in [3.05, 3.63) is 217 Å². The number of benzene rings is 8. The van der Waals surface area contributed by atoms with E-state index in [0.29, 0.717) is 39.7 Å². The Kier molecular flexibility index (Phi) is 9.78. The van der Waals surface area contributed by atoms with E-state index in [1.807, 2.05) is 164 Å². The zero-order valence-corrected chi connectivity index (χ0v) is 36.9. The molecule has 12 rings (SSSR count). The fraction of sp³-hybridized carbons (Fsp3) is 0. The van der Waals surface area contributed by atoms with Gasteiger partial charge >= 0.3 is 0 Å². The second-order valence-corrected chi connectivity index (χ2v) is 16.8. The van der Waals surface area contributed by atoms with Crippen molar-refractivity contribution in [2.45, 2.75) is 0 Å². The monoisotopic (exact) mass is 892 g/mol. The summed E-state index contributed by atoms with van der Waals surface area (Å²) in [7, 11) is 0. The van der Waals surface area contributed by atoms with Crippen LogP contribution in [0.15, 0.2) is 194 Å². The average Bonchev–Trinajstić information content (AvgIpc) is 3.94. The third-order valence-corrected chi connectivity index (χ3v) is 12.8. The number of aromatic nitrogens is 6. The van der Waals surface area contributed by atoms with Crippen LogP contribution >= 0.6 is 0 Å². The Bertz CT molecular complexity index is 4080. The molecule has 0 unspecified atom stereocenters. The molecule has 4 aromatic heterocycles. The first-order valence-electron chi connectivity index (χ1n) is 22.3. The summed E-state index contributed by atoms with van der Waals surface area (Å²) in [5.74, 6) is 1.51.